The van der Waals surface area contributed by atoms with Crippen molar-refractivity contribution in [3.05, 3.63) is 64.1 Å². The van der Waals surface area contributed by atoms with Gasteiger partial charge in [-0.3, -0.25) is 0 Å². The Balaban J connectivity index is 2.40. The normalized spacial score (nSPS) is 12.5. The van der Waals surface area contributed by atoms with E-state index in [2.05, 4.69) is 21.2 Å². The van der Waals surface area contributed by atoms with Gasteiger partial charge in [-0.05, 0) is 23.8 Å². The van der Waals surface area contributed by atoms with Crippen LogP contribution in [0.1, 0.15) is 17.2 Å². The van der Waals surface area contributed by atoms with Crippen LogP contribution in [0.4, 0.5) is 18.9 Å². The summed E-state index contributed by atoms with van der Waals surface area (Å²) in [6, 6.07) is 12.1. The molecule has 2 nitrogen and oxygen atoms in total. The lowest BCUT2D eigenvalue weighted by Crippen LogP contribution is -2.28. The van der Waals surface area contributed by atoms with E-state index in [4.69, 9.17) is 5.26 Å². The van der Waals surface area contributed by atoms with Crippen molar-refractivity contribution in [2.24, 2.45) is 0 Å². The molecule has 1 unspecified atom stereocenters. The fourth-order valence-corrected chi connectivity index (χ4v) is 2.25. The van der Waals surface area contributed by atoms with Crippen molar-refractivity contribution in [2.45, 2.75) is 12.2 Å². The van der Waals surface area contributed by atoms with Gasteiger partial charge in [0.2, 0.25) is 0 Å². The first-order valence-electron chi connectivity index (χ1n) is 5.99. The molecule has 0 amide bonds. The highest BCUT2D eigenvalue weighted by atomic mass is 79.9. The van der Waals surface area contributed by atoms with E-state index in [1.54, 1.807) is 24.3 Å². The van der Waals surface area contributed by atoms with Crippen molar-refractivity contribution in [3.63, 3.8) is 0 Å². The zero-order valence-electron chi connectivity index (χ0n) is 10.7. The van der Waals surface area contributed by atoms with Crippen LogP contribution in [0.25, 0.3) is 0 Å². The Bertz CT molecular complexity index is 663. The third-order valence-corrected chi connectivity index (χ3v) is 3.36. The number of halogens is 4. The molecule has 0 bridgehead atoms. The van der Waals surface area contributed by atoms with Gasteiger partial charge in [-0.1, -0.05) is 46.3 Å². The Labute approximate surface area is 128 Å². The lowest BCUT2D eigenvalue weighted by molar-refractivity contribution is -0.144. The van der Waals surface area contributed by atoms with E-state index >= 15 is 0 Å². The van der Waals surface area contributed by atoms with Gasteiger partial charge in [0.15, 0.2) is 0 Å². The van der Waals surface area contributed by atoms with Crippen LogP contribution >= 0.6 is 15.9 Å². The molecule has 1 N–H and O–H groups in total. The zero-order chi connectivity index (χ0) is 15.5. The Kier molecular flexibility index (Phi) is 4.53. The molecule has 0 heterocycles. The van der Waals surface area contributed by atoms with Gasteiger partial charge in [-0.25, -0.2) is 0 Å². The number of nitrogens with zero attached hydrogens (tertiary/aromatic N) is 1. The summed E-state index contributed by atoms with van der Waals surface area (Å²) in [5, 5.41) is 11.5. The standard InChI is InChI=1S/C15H10BrF3N2/c16-12-6-7-13(11(8-12)9-20)21-14(15(17,18)19)10-4-2-1-3-5-10/h1-8,14,21H. The first-order valence-corrected chi connectivity index (χ1v) is 6.79. The fourth-order valence-electron chi connectivity index (χ4n) is 1.89. The Hall–Kier alpha value is -2.00. The number of hydrogen-bond acceptors (Lipinski definition) is 2. The van der Waals surface area contributed by atoms with Crippen LogP contribution < -0.4 is 5.32 Å². The van der Waals surface area contributed by atoms with Crippen LogP contribution in [0.2, 0.25) is 0 Å². The highest BCUT2D eigenvalue weighted by Crippen LogP contribution is 2.36. The Morgan fingerprint density at radius 3 is 2.33 bits per heavy atom. The first kappa shape index (κ1) is 15.4. The van der Waals surface area contributed by atoms with Gasteiger partial charge in [0.1, 0.15) is 12.1 Å². The molecule has 6 heteroatoms. The molecule has 0 fully saturated rings. The molecule has 2 aromatic rings. The molecule has 0 saturated heterocycles. The minimum Gasteiger partial charge on any atom is -0.369 e. The maximum atomic E-state index is 13.3. The van der Waals surface area contributed by atoms with Gasteiger partial charge in [-0.2, -0.15) is 18.4 Å². The second-order valence-corrected chi connectivity index (χ2v) is 5.25. The smallest absolute Gasteiger partial charge is 0.369 e. The van der Waals surface area contributed by atoms with Gasteiger partial charge in [-0.15, -0.1) is 0 Å². The van der Waals surface area contributed by atoms with Crippen molar-refractivity contribution in [3.8, 4) is 6.07 Å². The van der Waals surface area contributed by atoms with E-state index in [1.165, 1.54) is 24.3 Å². The van der Waals surface area contributed by atoms with E-state index in [0.717, 1.165) is 0 Å². The minimum absolute atomic E-state index is 0.0943. The number of rotatable bonds is 3. The topological polar surface area (TPSA) is 35.8 Å². The van der Waals surface area contributed by atoms with E-state index in [1.807, 2.05) is 6.07 Å². The maximum Gasteiger partial charge on any atom is 0.412 e. The molecule has 0 spiro atoms. The largest absolute Gasteiger partial charge is 0.412 e. The zero-order valence-corrected chi connectivity index (χ0v) is 12.2. The van der Waals surface area contributed by atoms with Crippen LogP contribution in [-0.2, 0) is 0 Å². The number of alkyl halides is 3. The SMILES string of the molecule is N#Cc1cc(Br)ccc1NC(c1ccccc1)C(F)(F)F. The molecular formula is C15H10BrF3N2. The molecule has 0 aromatic heterocycles. The summed E-state index contributed by atoms with van der Waals surface area (Å²) in [6.45, 7) is 0. The van der Waals surface area contributed by atoms with Gasteiger partial charge in [0.05, 0.1) is 11.3 Å². The second-order valence-electron chi connectivity index (χ2n) is 4.33. The fraction of sp³-hybridized carbons (Fsp3) is 0.133. The van der Waals surface area contributed by atoms with E-state index < -0.39 is 12.2 Å². The highest BCUT2D eigenvalue weighted by Gasteiger charge is 2.41. The van der Waals surface area contributed by atoms with Crippen molar-refractivity contribution >= 4 is 21.6 Å². The second kappa shape index (κ2) is 6.19. The summed E-state index contributed by atoms with van der Waals surface area (Å²) >= 11 is 3.19. The van der Waals surface area contributed by atoms with Crippen LogP contribution in [0, 0.1) is 11.3 Å². The predicted octanol–water partition coefficient (Wildman–Crippen LogP) is 5.04. The lowest BCUT2D eigenvalue weighted by Gasteiger charge is -2.23. The molecule has 0 aliphatic heterocycles. The van der Waals surface area contributed by atoms with E-state index in [9.17, 15) is 13.2 Å². The first-order chi connectivity index (χ1) is 9.91. The third-order valence-electron chi connectivity index (χ3n) is 2.86. The molecule has 0 radical (unpaired) electrons. The van der Waals surface area contributed by atoms with Crippen molar-refractivity contribution in [2.75, 3.05) is 5.32 Å². The van der Waals surface area contributed by atoms with Crippen LogP contribution in [-0.4, -0.2) is 6.18 Å². The lowest BCUT2D eigenvalue weighted by atomic mass is 10.1. The Morgan fingerprint density at radius 1 is 1.10 bits per heavy atom. The number of hydrogen-bond donors (Lipinski definition) is 1. The molecule has 0 aliphatic carbocycles. The van der Waals surface area contributed by atoms with Gasteiger partial charge in [0, 0.05) is 4.47 Å². The number of nitriles is 1. The number of nitrogens with one attached hydrogen (secondary N) is 1. The number of benzene rings is 2. The molecular weight excluding hydrogens is 345 g/mol. The maximum absolute atomic E-state index is 13.3. The molecule has 1 atom stereocenters. The van der Waals surface area contributed by atoms with Gasteiger partial charge < -0.3 is 5.32 Å². The third kappa shape index (κ3) is 3.76. The van der Waals surface area contributed by atoms with Crippen molar-refractivity contribution in [1.29, 1.82) is 5.26 Å². The molecule has 0 saturated carbocycles. The summed E-state index contributed by atoms with van der Waals surface area (Å²) in [5.74, 6) is 0. The average molecular weight is 355 g/mol. The van der Waals surface area contributed by atoms with E-state index in [-0.39, 0.29) is 16.8 Å². The van der Waals surface area contributed by atoms with E-state index in [0.29, 0.717) is 4.47 Å². The number of anilines is 1. The molecule has 2 aromatic carbocycles. The monoisotopic (exact) mass is 354 g/mol. The van der Waals surface area contributed by atoms with Gasteiger partial charge >= 0.3 is 6.18 Å². The summed E-state index contributed by atoms with van der Waals surface area (Å²) in [6.07, 6.45) is -4.47. The molecule has 2 rings (SSSR count). The summed E-state index contributed by atoms with van der Waals surface area (Å²) in [5.41, 5.74) is 0.387. The molecule has 0 aliphatic rings. The van der Waals surface area contributed by atoms with Crippen molar-refractivity contribution < 1.29 is 13.2 Å². The summed E-state index contributed by atoms with van der Waals surface area (Å²) < 4.78 is 40.4. The summed E-state index contributed by atoms with van der Waals surface area (Å²) in [7, 11) is 0. The molecule has 21 heavy (non-hydrogen) atoms. The van der Waals surface area contributed by atoms with Gasteiger partial charge in [0.25, 0.3) is 0 Å². The summed E-state index contributed by atoms with van der Waals surface area (Å²) in [4.78, 5) is 0. The average Bonchev–Trinajstić information content (AvgIpc) is 2.45. The Morgan fingerprint density at radius 2 is 1.76 bits per heavy atom. The molecule has 108 valence electrons. The highest BCUT2D eigenvalue weighted by molar-refractivity contribution is 9.10. The predicted molar refractivity (Wildman–Crippen MR) is 77.7 cm³/mol. The van der Waals surface area contributed by atoms with Crippen LogP contribution in [0.3, 0.4) is 0 Å². The van der Waals surface area contributed by atoms with Crippen LogP contribution in [0.15, 0.2) is 53.0 Å². The minimum atomic E-state index is -4.47. The van der Waals surface area contributed by atoms with Crippen LogP contribution in [0.5, 0.6) is 0 Å². The van der Waals surface area contributed by atoms with Crippen molar-refractivity contribution in [1.82, 2.24) is 0 Å². The quantitative estimate of drug-likeness (QED) is 0.838.